The molecule has 0 unspecified atom stereocenters. The van der Waals surface area contributed by atoms with Crippen LogP contribution in [-0.2, 0) is 9.53 Å². The van der Waals surface area contributed by atoms with Crippen LogP contribution < -0.4 is 4.74 Å². The summed E-state index contributed by atoms with van der Waals surface area (Å²) in [5.74, 6) is -0.0833. The van der Waals surface area contributed by atoms with E-state index in [-0.39, 0.29) is 18.1 Å². The highest BCUT2D eigenvalue weighted by molar-refractivity contribution is 5.98. The molecule has 0 amide bonds. The van der Waals surface area contributed by atoms with Crippen LogP contribution in [0, 0.1) is 0 Å². The normalized spacial score (nSPS) is 10.2. The molecule has 0 spiro atoms. The predicted octanol–water partition coefficient (Wildman–Crippen LogP) is 1.99. The van der Waals surface area contributed by atoms with Crippen LogP contribution in [0.1, 0.15) is 17.4 Å². The molecule has 0 aliphatic rings. The predicted molar refractivity (Wildman–Crippen MR) is 69.3 cm³/mol. The summed E-state index contributed by atoms with van der Waals surface area (Å²) in [6.07, 6.45) is 0. The Kier molecular flexibility index (Phi) is 3.75. The number of fused-ring (bicyclic) bond motifs is 1. The Morgan fingerprint density at radius 3 is 2.68 bits per heavy atom. The smallest absolute Gasteiger partial charge is 0.303 e. The van der Waals surface area contributed by atoms with E-state index in [0.717, 1.165) is 11.1 Å². The van der Waals surface area contributed by atoms with Crippen molar-refractivity contribution in [3.05, 3.63) is 36.0 Å². The maximum Gasteiger partial charge on any atom is 0.303 e. The van der Waals surface area contributed by atoms with Gasteiger partial charge in [0, 0.05) is 12.3 Å². The summed E-state index contributed by atoms with van der Waals surface area (Å²) in [6, 6.07) is 8.77. The Balaban J connectivity index is 2.26. The van der Waals surface area contributed by atoms with Crippen LogP contribution in [-0.4, -0.2) is 30.5 Å². The molecule has 0 saturated heterocycles. The van der Waals surface area contributed by atoms with Crippen LogP contribution in [0.15, 0.2) is 30.3 Å². The van der Waals surface area contributed by atoms with Crippen LogP contribution in [0.5, 0.6) is 5.75 Å². The molecule has 19 heavy (non-hydrogen) atoms. The fourth-order valence-electron chi connectivity index (χ4n) is 1.63. The van der Waals surface area contributed by atoms with Crippen molar-refractivity contribution in [2.75, 3.05) is 13.7 Å². The van der Waals surface area contributed by atoms with Gasteiger partial charge in [0.05, 0.1) is 12.6 Å². The minimum Gasteiger partial charge on any atom is -0.497 e. The second-order valence-electron chi connectivity index (χ2n) is 3.96. The minimum absolute atomic E-state index is 0.277. The summed E-state index contributed by atoms with van der Waals surface area (Å²) >= 11 is 0. The molecule has 0 atom stereocenters. The van der Waals surface area contributed by atoms with E-state index in [9.17, 15) is 9.59 Å². The number of Topliss-reactive ketones (excluding diaryl/α,β-unsaturated/α-hetero) is 1. The van der Waals surface area contributed by atoms with Crippen LogP contribution in [0.25, 0.3) is 10.9 Å². The SMILES string of the molecule is COc1ccc2nc(C(=O)COC(C)=O)ccc2c1. The number of esters is 1. The van der Waals surface area contributed by atoms with Gasteiger partial charge in [-0.2, -0.15) is 0 Å². The number of hydrogen-bond donors (Lipinski definition) is 0. The van der Waals surface area contributed by atoms with Crippen LogP contribution in [0.2, 0.25) is 0 Å². The number of ketones is 1. The van der Waals surface area contributed by atoms with Crippen molar-refractivity contribution < 1.29 is 19.1 Å². The average Bonchev–Trinajstić information content (AvgIpc) is 2.43. The average molecular weight is 259 g/mol. The molecule has 2 aromatic rings. The van der Waals surface area contributed by atoms with Crippen molar-refractivity contribution in [3.63, 3.8) is 0 Å². The third-order valence-corrected chi connectivity index (χ3v) is 2.59. The number of pyridine rings is 1. The Morgan fingerprint density at radius 2 is 2.00 bits per heavy atom. The van der Waals surface area contributed by atoms with Gasteiger partial charge in [-0.3, -0.25) is 9.59 Å². The van der Waals surface area contributed by atoms with Gasteiger partial charge >= 0.3 is 5.97 Å². The molecule has 0 bridgehead atoms. The molecule has 2 rings (SSSR count). The Hall–Kier alpha value is -2.43. The topological polar surface area (TPSA) is 65.5 Å². The summed E-state index contributed by atoms with van der Waals surface area (Å²) in [5, 5.41) is 0.878. The molecule has 0 N–H and O–H groups in total. The fourth-order valence-corrected chi connectivity index (χ4v) is 1.63. The number of benzene rings is 1. The van der Waals surface area contributed by atoms with Crippen LogP contribution in [0.4, 0.5) is 0 Å². The van der Waals surface area contributed by atoms with Crippen molar-refractivity contribution in [2.24, 2.45) is 0 Å². The molecule has 98 valence electrons. The highest BCUT2D eigenvalue weighted by atomic mass is 16.5. The summed E-state index contributed by atoms with van der Waals surface area (Å²) in [7, 11) is 1.59. The lowest BCUT2D eigenvalue weighted by molar-refractivity contribution is -0.139. The third kappa shape index (κ3) is 3.07. The first-order chi connectivity index (χ1) is 9.10. The monoisotopic (exact) mass is 259 g/mol. The first-order valence-electron chi connectivity index (χ1n) is 5.71. The Labute approximate surface area is 110 Å². The summed E-state index contributed by atoms with van der Waals surface area (Å²) in [6.45, 7) is 0.970. The molecule has 5 heteroatoms. The molecule has 1 heterocycles. The molecule has 0 saturated carbocycles. The third-order valence-electron chi connectivity index (χ3n) is 2.59. The zero-order chi connectivity index (χ0) is 13.8. The lowest BCUT2D eigenvalue weighted by atomic mass is 10.1. The van der Waals surface area contributed by atoms with E-state index >= 15 is 0 Å². The van der Waals surface area contributed by atoms with E-state index in [1.54, 1.807) is 31.4 Å². The molecule has 0 aliphatic heterocycles. The number of ether oxygens (including phenoxy) is 2. The Morgan fingerprint density at radius 1 is 1.21 bits per heavy atom. The number of hydrogen-bond acceptors (Lipinski definition) is 5. The molecule has 0 radical (unpaired) electrons. The van der Waals surface area contributed by atoms with E-state index < -0.39 is 5.97 Å². The molecule has 1 aromatic carbocycles. The quantitative estimate of drug-likeness (QED) is 0.620. The highest BCUT2D eigenvalue weighted by Gasteiger charge is 2.10. The van der Waals surface area contributed by atoms with Gasteiger partial charge in [-0.25, -0.2) is 4.98 Å². The fraction of sp³-hybridized carbons (Fsp3) is 0.214. The van der Waals surface area contributed by atoms with Gasteiger partial charge in [0.15, 0.2) is 6.61 Å². The van der Waals surface area contributed by atoms with Gasteiger partial charge in [-0.1, -0.05) is 6.07 Å². The van der Waals surface area contributed by atoms with Gasteiger partial charge in [0.25, 0.3) is 0 Å². The van der Waals surface area contributed by atoms with Gasteiger partial charge in [-0.15, -0.1) is 0 Å². The lowest BCUT2D eigenvalue weighted by Crippen LogP contribution is -2.13. The Bertz CT molecular complexity index is 636. The van der Waals surface area contributed by atoms with Crippen LogP contribution in [0.3, 0.4) is 0 Å². The number of nitrogens with zero attached hydrogens (tertiary/aromatic N) is 1. The largest absolute Gasteiger partial charge is 0.497 e. The van der Waals surface area contributed by atoms with Crippen molar-refractivity contribution in [2.45, 2.75) is 6.92 Å². The van der Waals surface area contributed by atoms with E-state index in [0.29, 0.717) is 5.52 Å². The molecule has 1 aromatic heterocycles. The number of aromatic nitrogens is 1. The van der Waals surface area contributed by atoms with E-state index in [2.05, 4.69) is 9.72 Å². The zero-order valence-electron chi connectivity index (χ0n) is 10.7. The van der Waals surface area contributed by atoms with E-state index in [1.165, 1.54) is 6.92 Å². The molecule has 5 nitrogen and oxygen atoms in total. The standard InChI is InChI=1S/C14H13NO4/c1-9(16)19-8-14(17)13-5-3-10-7-11(18-2)4-6-12(10)15-13/h3-7H,8H2,1-2H3. The van der Waals surface area contributed by atoms with E-state index in [1.807, 2.05) is 6.07 Å². The maximum absolute atomic E-state index is 11.8. The van der Waals surface area contributed by atoms with E-state index in [4.69, 9.17) is 4.74 Å². The minimum atomic E-state index is -0.487. The molecule has 0 aliphatic carbocycles. The number of carbonyl (C=O) groups is 2. The second kappa shape index (κ2) is 5.48. The summed E-state index contributed by atoms with van der Waals surface area (Å²) in [5.41, 5.74) is 0.966. The van der Waals surface area contributed by atoms with Gasteiger partial charge in [0.1, 0.15) is 11.4 Å². The number of rotatable bonds is 4. The van der Waals surface area contributed by atoms with Crippen molar-refractivity contribution >= 4 is 22.7 Å². The van der Waals surface area contributed by atoms with Gasteiger partial charge < -0.3 is 9.47 Å². The highest BCUT2D eigenvalue weighted by Crippen LogP contribution is 2.19. The first-order valence-corrected chi connectivity index (χ1v) is 5.71. The summed E-state index contributed by atoms with van der Waals surface area (Å²) < 4.78 is 9.77. The number of methoxy groups -OCH3 is 1. The maximum atomic E-state index is 11.8. The molecular formula is C14H13NO4. The van der Waals surface area contributed by atoms with Crippen molar-refractivity contribution in [3.8, 4) is 5.75 Å². The number of carbonyl (C=O) groups excluding carboxylic acids is 2. The molecular weight excluding hydrogens is 246 g/mol. The van der Waals surface area contributed by atoms with Crippen molar-refractivity contribution in [1.29, 1.82) is 0 Å². The zero-order valence-corrected chi connectivity index (χ0v) is 10.7. The lowest BCUT2D eigenvalue weighted by Gasteiger charge is -2.04. The summed E-state index contributed by atoms with van der Waals surface area (Å²) in [4.78, 5) is 26.6. The van der Waals surface area contributed by atoms with Gasteiger partial charge in [0.2, 0.25) is 5.78 Å². The van der Waals surface area contributed by atoms with Crippen LogP contribution >= 0.6 is 0 Å². The van der Waals surface area contributed by atoms with Gasteiger partial charge in [-0.05, 0) is 24.3 Å². The van der Waals surface area contributed by atoms with Crippen molar-refractivity contribution in [1.82, 2.24) is 4.98 Å². The molecule has 0 fully saturated rings. The first kappa shape index (κ1) is 13.0. The second-order valence-corrected chi connectivity index (χ2v) is 3.96.